The fraction of sp³-hybridized carbons (Fsp3) is 0.600. The highest BCUT2D eigenvalue weighted by Crippen LogP contribution is 2.27. The number of hydrogen-bond donors (Lipinski definition) is 0. The van der Waals surface area contributed by atoms with Crippen molar-refractivity contribution >= 4 is 0 Å². The molecule has 0 spiro atoms. The maximum Gasteiger partial charge on any atom is 0.231 e. The van der Waals surface area contributed by atoms with Crippen LogP contribution < -0.4 is 0 Å². The van der Waals surface area contributed by atoms with Crippen LogP contribution in [-0.2, 0) is 13.1 Å². The number of benzene rings is 1. The van der Waals surface area contributed by atoms with Crippen LogP contribution in [0.3, 0.4) is 0 Å². The molecule has 5 heteroatoms. The number of hydrogen-bond acceptors (Lipinski definition) is 5. The summed E-state index contributed by atoms with van der Waals surface area (Å²) in [5, 5.41) is 3.92. The zero-order chi connectivity index (χ0) is 17.1. The fourth-order valence-corrected chi connectivity index (χ4v) is 4.04. The van der Waals surface area contributed by atoms with Gasteiger partial charge in [0.1, 0.15) is 0 Å². The quantitative estimate of drug-likeness (QED) is 0.835. The van der Waals surface area contributed by atoms with Gasteiger partial charge in [0.25, 0.3) is 0 Å². The Labute approximate surface area is 150 Å². The van der Waals surface area contributed by atoms with Crippen molar-refractivity contribution in [1.82, 2.24) is 19.9 Å². The van der Waals surface area contributed by atoms with Gasteiger partial charge < -0.3 is 4.52 Å². The van der Waals surface area contributed by atoms with Gasteiger partial charge in [0.05, 0.1) is 5.92 Å². The Morgan fingerprint density at radius 2 is 1.64 bits per heavy atom. The van der Waals surface area contributed by atoms with Crippen LogP contribution >= 0.6 is 0 Å². The van der Waals surface area contributed by atoms with E-state index in [9.17, 15) is 0 Å². The summed E-state index contributed by atoms with van der Waals surface area (Å²) in [6.07, 6.45) is 5.21. The van der Waals surface area contributed by atoms with E-state index in [2.05, 4.69) is 44.2 Å². The standard InChI is InChI=1S/C20H28N4O/c1-16-21-20(25-22-16)19-9-12-24(15-19)14-18-7-5-17(6-8-18)13-23-10-3-2-4-11-23/h5-8,19H,2-4,9-15H2,1H3. The molecule has 1 atom stereocenters. The first-order valence-corrected chi connectivity index (χ1v) is 9.59. The molecule has 3 heterocycles. The van der Waals surface area contributed by atoms with E-state index in [-0.39, 0.29) is 0 Å². The molecular formula is C20H28N4O. The van der Waals surface area contributed by atoms with Gasteiger partial charge in [-0.2, -0.15) is 4.98 Å². The van der Waals surface area contributed by atoms with Gasteiger partial charge in [-0.15, -0.1) is 0 Å². The smallest absolute Gasteiger partial charge is 0.231 e. The Hall–Kier alpha value is -1.72. The minimum absolute atomic E-state index is 0.388. The van der Waals surface area contributed by atoms with Crippen LogP contribution in [0.15, 0.2) is 28.8 Å². The number of aromatic nitrogens is 2. The summed E-state index contributed by atoms with van der Waals surface area (Å²) in [5.74, 6) is 1.93. The van der Waals surface area contributed by atoms with Crippen molar-refractivity contribution in [3.63, 3.8) is 0 Å². The van der Waals surface area contributed by atoms with E-state index in [0.29, 0.717) is 5.92 Å². The molecule has 2 aliphatic heterocycles. The van der Waals surface area contributed by atoms with Gasteiger partial charge in [0, 0.05) is 19.6 Å². The second-order valence-corrected chi connectivity index (χ2v) is 7.55. The summed E-state index contributed by atoms with van der Waals surface area (Å²) < 4.78 is 5.34. The molecule has 2 saturated heterocycles. The topological polar surface area (TPSA) is 45.4 Å². The minimum atomic E-state index is 0.388. The maximum atomic E-state index is 5.34. The van der Waals surface area contributed by atoms with Crippen molar-refractivity contribution in [2.24, 2.45) is 0 Å². The first-order chi connectivity index (χ1) is 12.3. The zero-order valence-corrected chi connectivity index (χ0v) is 15.2. The van der Waals surface area contributed by atoms with Crippen molar-refractivity contribution in [2.45, 2.75) is 51.6 Å². The van der Waals surface area contributed by atoms with Crippen LogP contribution in [0.1, 0.15) is 54.4 Å². The van der Waals surface area contributed by atoms with Crippen LogP contribution in [0, 0.1) is 6.92 Å². The molecule has 0 N–H and O–H groups in total. The van der Waals surface area contributed by atoms with Crippen LogP contribution in [-0.4, -0.2) is 46.1 Å². The molecule has 1 unspecified atom stereocenters. The molecular weight excluding hydrogens is 312 g/mol. The van der Waals surface area contributed by atoms with E-state index in [1.807, 2.05) is 6.92 Å². The molecule has 2 aliphatic rings. The molecule has 0 amide bonds. The number of aryl methyl sites for hydroxylation is 1. The van der Waals surface area contributed by atoms with Gasteiger partial charge in [-0.05, 0) is 56.9 Å². The van der Waals surface area contributed by atoms with Crippen LogP contribution in [0.2, 0.25) is 0 Å². The number of likely N-dealkylation sites (tertiary alicyclic amines) is 2. The van der Waals surface area contributed by atoms with Crippen LogP contribution in [0.4, 0.5) is 0 Å². The van der Waals surface area contributed by atoms with E-state index in [4.69, 9.17) is 4.52 Å². The van der Waals surface area contributed by atoms with Gasteiger partial charge >= 0.3 is 0 Å². The lowest BCUT2D eigenvalue weighted by Gasteiger charge is -2.26. The van der Waals surface area contributed by atoms with Crippen molar-refractivity contribution < 1.29 is 4.52 Å². The average molecular weight is 340 g/mol. The fourth-order valence-electron chi connectivity index (χ4n) is 4.04. The van der Waals surface area contributed by atoms with Gasteiger partial charge in [-0.3, -0.25) is 9.80 Å². The summed E-state index contributed by atoms with van der Waals surface area (Å²) >= 11 is 0. The monoisotopic (exact) mass is 340 g/mol. The molecule has 134 valence electrons. The molecule has 1 aromatic carbocycles. The molecule has 2 fully saturated rings. The number of piperidine rings is 1. The largest absolute Gasteiger partial charge is 0.339 e. The highest BCUT2D eigenvalue weighted by atomic mass is 16.5. The summed E-state index contributed by atoms with van der Waals surface area (Å²) in [4.78, 5) is 9.46. The molecule has 5 nitrogen and oxygen atoms in total. The van der Waals surface area contributed by atoms with E-state index < -0.39 is 0 Å². The Balaban J connectivity index is 1.29. The van der Waals surface area contributed by atoms with Gasteiger partial charge in [-0.25, -0.2) is 0 Å². The third kappa shape index (κ3) is 4.28. The lowest BCUT2D eigenvalue weighted by atomic mass is 10.1. The van der Waals surface area contributed by atoms with Crippen molar-refractivity contribution in [3.05, 3.63) is 47.1 Å². The van der Waals surface area contributed by atoms with Crippen molar-refractivity contribution in [3.8, 4) is 0 Å². The first-order valence-electron chi connectivity index (χ1n) is 9.59. The molecule has 1 aromatic heterocycles. The third-order valence-electron chi connectivity index (χ3n) is 5.45. The number of rotatable bonds is 5. The molecule has 0 aliphatic carbocycles. The molecule has 0 saturated carbocycles. The second kappa shape index (κ2) is 7.67. The molecule has 0 bridgehead atoms. The highest BCUT2D eigenvalue weighted by molar-refractivity contribution is 5.22. The second-order valence-electron chi connectivity index (χ2n) is 7.55. The Bertz CT molecular complexity index is 675. The predicted molar refractivity (Wildman–Crippen MR) is 97.2 cm³/mol. The van der Waals surface area contributed by atoms with Gasteiger partial charge in [0.2, 0.25) is 5.89 Å². The van der Waals surface area contributed by atoms with Crippen molar-refractivity contribution in [2.75, 3.05) is 26.2 Å². The van der Waals surface area contributed by atoms with Gasteiger partial charge in [-0.1, -0.05) is 35.8 Å². The van der Waals surface area contributed by atoms with Gasteiger partial charge in [0.15, 0.2) is 5.82 Å². The lowest BCUT2D eigenvalue weighted by molar-refractivity contribution is 0.221. The Morgan fingerprint density at radius 1 is 0.960 bits per heavy atom. The predicted octanol–water partition coefficient (Wildman–Crippen LogP) is 3.35. The molecule has 2 aromatic rings. The summed E-state index contributed by atoms with van der Waals surface area (Å²) in [7, 11) is 0. The van der Waals surface area contributed by atoms with Crippen molar-refractivity contribution in [1.29, 1.82) is 0 Å². The SMILES string of the molecule is Cc1noc(C2CCN(Cc3ccc(CN4CCCCC4)cc3)C2)n1. The highest BCUT2D eigenvalue weighted by Gasteiger charge is 2.27. The van der Waals surface area contributed by atoms with Crippen LogP contribution in [0.25, 0.3) is 0 Å². The van der Waals surface area contributed by atoms with Crippen LogP contribution in [0.5, 0.6) is 0 Å². The normalized spacial score (nSPS) is 22.5. The average Bonchev–Trinajstić information content (AvgIpc) is 3.27. The zero-order valence-electron chi connectivity index (χ0n) is 15.2. The summed E-state index contributed by atoms with van der Waals surface area (Å²) in [5.41, 5.74) is 2.83. The molecule has 25 heavy (non-hydrogen) atoms. The summed E-state index contributed by atoms with van der Waals surface area (Å²) in [6, 6.07) is 9.20. The minimum Gasteiger partial charge on any atom is -0.339 e. The molecule has 4 rings (SSSR count). The number of nitrogens with zero attached hydrogens (tertiary/aromatic N) is 4. The summed E-state index contributed by atoms with van der Waals surface area (Å²) in [6.45, 7) is 8.61. The van der Waals surface area contributed by atoms with E-state index in [0.717, 1.165) is 44.3 Å². The third-order valence-corrected chi connectivity index (χ3v) is 5.45. The first kappa shape index (κ1) is 16.7. The maximum absolute atomic E-state index is 5.34. The Morgan fingerprint density at radius 3 is 2.28 bits per heavy atom. The van der Waals surface area contributed by atoms with E-state index in [1.54, 1.807) is 0 Å². The molecule has 0 radical (unpaired) electrons. The van der Waals surface area contributed by atoms with E-state index >= 15 is 0 Å². The lowest BCUT2D eigenvalue weighted by Crippen LogP contribution is -2.29. The Kier molecular flexibility index (Phi) is 5.13. The van der Waals surface area contributed by atoms with E-state index in [1.165, 1.54) is 43.5 Å².